The van der Waals surface area contributed by atoms with Crippen molar-refractivity contribution >= 4 is 17.1 Å². The van der Waals surface area contributed by atoms with Gasteiger partial charge in [-0.25, -0.2) is 0 Å². The number of anilines is 3. The second-order valence-corrected chi connectivity index (χ2v) is 7.45. The number of likely N-dealkylation sites (N-methyl/N-ethyl adjacent to an activating group) is 1. The molecule has 0 spiro atoms. The Balaban J connectivity index is 1.87. The minimum atomic E-state index is -0.810. The van der Waals surface area contributed by atoms with Crippen molar-refractivity contribution in [2.45, 2.75) is 18.9 Å². The summed E-state index contributed by atoms with van der Waals surface area (Å²) in [6.45, 7) is 0.672. The van der Waals surface area contributed by atoms with Gasteiger partial charge in [0.05, 0.1) is 12.8 Å². The smallest absolute Gasteiger partial charge is 0.231 e. The van der Waals surface area contributed by atoms with Gasteiger partial charge in [-0.2, -0.15) is 0 Å². The van der Waals surface area contributed by atoms with Gasteiger partial charge in [0.25, 0.3) is 0 Å². The summed E-state index contributed by atoms with van der Waals surface area (Å²) < 4.78 is 16.7. The van der Waals surface area contributed by atoms with Crippen molar-refractivity contribution in [3.63, 3.8) is 0 Å². The highest BCUT2D eigenvalue weighted by Gasteiger charge is 2.35. The van der Waals surface area contributed by atoms with Crippen molar-refractivity contribution in [3.8, 4) is 17.2 Å². The van der Waals surface area contributed by atoms with Crippen LogP contribution in [0.4, 0.5) is 17.1 Å². The minimum Gasteiger partial charge on any atom is -0.769 e. The normalized spacial score (nSPS) is 17.2. The maximum Gasteiger partial charge on any atom is 0.231 e. The van der Waals surface area contributed by atoms with E-state index in [1.54, 1.807) is 0 Å². The van der Waals surface area contributed by atoms with Gasteiger partial charge in [-0.15, -0.1) is 5.23 Å². The monoisotopic (exact) mass is 449 g/mol. The highest BCUT2D eigenvalue weighted by atomic mass is 16.8. The van der Waals surface area contributed by atoms with Gasteiger partial charge in [-0.05, 0) is 43.7 Å². The predicted octanol–water partition coefficient (Wildman–Crippen LogP) is 2.28. The predicted molar refractivity (Wildman–Crippen MR) is 111 cm³/mol. The number of methoxy groups -OCH3 is 1. The Bertz CT molecular complexity index is 986. The molecule has 0 saturated carbocycles. The first-order valence-electron chi connectivity index (χ1n) is 9.57. The van der Waals surface area contributed by atoms with Crippen LogP contribution >= 0.6 is 0 Å². The van der Waals surface area contributed by atoms with Gasteiger partial charge in [0.2, 0.25) is 12.5 Å². The van der Waals surface area contributed by atoms with E-state index in [0.29, 0.717) is 30.2 Å². The molecule has 4 rings (SSSR count). The molecule has 2 aliphatic rings. The van der Waals surface area contributed by atoms with Crippen LogP contribution in [0.1, 0.15) is 22.7 Å². The summed E-state index contributed by atoms with van der Waals surface area (Å²) in [5.41, 5.74) is 0.167. The molecule has 0 unspecified atom stereocenters. The molecule has 2 aromatic rings. The molecule has 13 heteroatoms. The third-order valence-electron chi connectivity index (χ3n) is 5.76. The average Bonchev–Trinajstić information content (AvgIpc) is 3.21. The van der Waals surface area contributed by atoms with Crippen LogP contribution in [0.5, 0.6) is 17.2 Å². The zero-order chi connectivity index (χ0) is 23.2. The quantitative estimate of drug-likeness (QED) is 0.549. The molecule has 0 fully saturated rings. The van der Waals surface area contributed by atoms with Crippen LogP contribution in [0.15, 0.2) is 18.2 Å². The maximum absolute atomic E-state index is 11.9. The third kappa shape index (κ3) is 3.71. The number of hydrogen-bond acceptors (Lipinski definition) is 13. The second-order valence-electron chi connectivity index (χ2n) is 7.45. The molecule has 0 amide bonds. The molecule has 0 radical (unpaired) electrons. The summed E-state index contributed by atoms with van der Waals surface area (Å²) in [5.74, 6) is 1.44. The molecule has 0 aromatic heterocycles. The standard InChI is InChI=1S/C19H21N4O9/c1-20-4-3-10-5-16-18(32-9-31-16)19(30-2)17(10)15(20)8-12-13(22(26)27)6-11(21(24)25)7-14(12)23(28)29/h5-7,15,26-28H,3-4,8-9H2,1-2H3/q-3/t15-/m1/s1. The Morgan fingerprint density at radius 3 is 2.47 bits per heavy atom. The second kappa shape index (κ2) is 8.48. The summed E-state index contributed by atoms with van der Waals surface area (Å²) in [6.07, 6.45) is 0.661. The van der Waals surface area contributed by atoms with Crippen LogP contribution in [0.2, 0.25) is 0 Å². The first kappa shape index (κ1) is 22.2. The van der Waals surface area contributed by atoms with E-state index in [9.17, 15) is 31.2 Å². The Morgan fingerprint density at radius 2 is 1.84 bits per heavy atom. The Hall–Kier alpha value is -3.04. The van der Waals surface area contributed by atoms with Gasteiger partial charge in [0.1, 0.15) is 5.69 Å². The van der Waals surface area contributed by atoms with E-state index >= 15 is 0 Å². The van der Waals surface area contributed by atoms with E-state index in [1.807, 2.05) is 18.0 Å². The van der Waals surface area contributed by atoms with Gasteiger partial charge in [0.15, 0.2) is 11.5 Å². The lowest BCUT2D eigenvalue weighted by molar-refractivity contribution is 0.0285. The Morgan fingerprint density at radius 1 is 1.12 bits per heavy atom. The van der Waals surface area contributed by atoms with Gasteiger partial charge in [-0.3, -0.25) is 20.5 Å². The first-order valence-corrected chi connectivity index (χ1v) is 9.57. The van der Waals surface area contributed by atoms with Crippen LogP contribution in [-0.4, -0.2) is 48.0 Å². The van der Waals surface area contributed by atoms with Crippen LogP contribution in [0, 0.1) is 15.6 Å². The first-order chi connectivity index (χ1) is 15.2. The molecule has 0 aliphatic carbocycles. The van der Waals surface area contributed by atoms with Crippen molar-refractivity contribution < 1.29 is 29.8 Å². The number of rotatable bonds is 6. The van der Waals surface area contributed by atoms with Gasteiger partial charge >= 0.3 is 0 Å². The molecule has 1 atom stereocenters. The summed E-state index contributed by atoms with van der Waals surface area (Å²) >= 11 is 0. The van der Waals surface area contributed by atoms with E-state index in [-0.39, 0.29) is 24.0 Å². The number of hydrogen-bond donors (Lipinski definition) is 3. The van der Waals surface area contributed by atoms with Crippen LogP contribution in [0.3, 0.4) is 0 Å². The SMILES string of the molecule is COc1c2c(cc3c1[C@@H](Cc1c(N([O-])O)cc(N([O-])[O-])cc1N(O)O)N(C)CC3)OCO2. The van der Waals surface area contributed by atoms with Crippen LogP contribution < -0.4 is 29.9 Å². The fourth-order valence-electron chi connectivity index (χ4n) is 4.27. The van der Waals surface area contributed by atoms with Gasteiger partial charge in [0, 0.05) is 29.4 Å². The number of ether oxygens (including phenoxy) is 3. The molecular weight excluding hydrogens is 428 g/mol. The Kier molecular flexibility index (Phi) is 5.87. The molecule has 2 heterocycles. The molecule has 2 aromatic carbocycles. The molecule has 13 nitrogen and oxygen atoms in total. The fourth-order valence-corrected chi connectivity index (χ4v) is 4.27. The summed E-state index contributed by atoms with van der Waals surface area (Å²) in [6, 6.07) is 3.18. The third-order valence-corrected chi connectivity index (χ3v) is 5.76. The number of fused-ring (bicyclic) bond motifs is 2. The molecule has 0 saturated heterocycles. The van der Waals surface area contributed by atoms with E-state index in [1.165, 1.54) is 7.11 Å². The zero-order valence-corrected chi connectivity index (χ0v) is 17.2. The summed E-state index contributed by atoms with van der Waals surface area (Å²) in [5, 5.41) is 61.7. The minimum absolute atomic E-state index is 0.0116. The zero-order valence-electron chi connectivity index (χ0n) is 17.2. The lowest BCUT2D eigenvalue weighted by atomic mass is 9.86. The van der Waals surface area contributed by atoms with E-state index in [2.05, 4.69) is 0 Å². The van der Waals surface area contributed by atoms with Crippen molar-refractivity contribution in [1.82, 2.24) is 4.90 Å². The van der Waals surface area contributed by atoms with Crippen molar-refractivity contribution in [3.05, 3.63) is 50.5 Å². The maximum atomic E-state index is 11.9. The van der Waals surface area contributed by atoms with Crippen LogP contribution in [-0.2, 0) is 12.8 Å². The molecular formula is C19H21N4O9-3. The topological polar surface area (TPSA) is 171 Å². The lowest BCUT2D eigenvalue weighted by Gasteiger charge is -2.40. The van der Waals surface area contributed by atoms with Gasteiger partial charge < -0.3 is 40.3 Å². The fraction of sp³-hybridized carbons (Fsp3) is 0.368. The number of nitrogens with zero attached hydrogens (tertiary/aromatic N) is 4. The highest BCUT2D eigenvalue weighted by molar-refractivity contribution is 5.75. The van der Waals surface area contributed by atoms with E-state index in [4.69, 9.17) is 14.2 Å². The number of benzene rings is 2. The molecule has 0 bridgehead atoms. The van der Waals surface area contributed by atoms with Crippen LogP contribution in [0.25, 0.3) is 0 Å². The van der Waals surface area contributed by atoms with Gasteiger partial charge in [-0.1, -0.05) is 0 Å². The molecule has 32 heavy (non-hydrogen) atoms. The average molecular weight is 449 g/mol. The molecule has 3 N–H and O–H groups in total. The van der Waals surface area contributed by atoms with E-state index in [0.717, 1.165) is 23.3 Å². The highest BCUT2D eigenvalue weighted by Crippen LogP contribution is 2.50. The van der Waals surface area contributed by atoms with E-state index < -0.39 is 33.6 Å². The van der Waals surface area contributed by atoms with Crippen molar-refractivity contribution in [2.75, 3.05) is 43.2 Å². The van der Waals surface area contributed by atoms with Crippen molar-refractivity contribution in [2.24, 2.45) is 0 Å². The molecule has 2 aliphatic heterocycles. The largest absolute Gasteiger partial charge is 0.769 e. The van der Waals surface area contributed by atoms with Crippen molar-refractivity contribution in [1.29, 1.82) is 0 Å². The summed E-state index contributed by atoms with van der Waals surface area (Å²) in [7, 11) is 3.33. The summed E-state index contributed by atoms with van der Waals surface area (Å²) in [4.78, 5) is 1.97. The Labute approximate surface area is 182 Å². The molecule has 174 valence electrons. The lowest BCUT2D eigenvalue weighted by Crippen LogP contribution is -2.34.